The van der Waals surface area contributed by atoms with Gasteiger partial charge in [0.05, 0.1) is 20.8 Å². The van der Waals surface area contributed by atoms with Gasteiger partial charge < -0.3 is 4.98 Å². The first-order chi connectivity index (χ1) is 16.7. The van der Waals surface area contributed by atoms with Gasteiger partial charge in [0.1, 0.15) is 5.82 Å². The van der Waals surface area contributed by atoms with Crippen molar-refractivity contribution in [2.75, 3.05) is 13.1 Å². The summed E-state index contributed by atoms with van der Waals surface area (Å²) in [6.07, 6.45) is 6.13. The molecule has 2 fully saturated rings. The third kappa shape index (κ3) is 5.27. The molecular weight excluding hydrogens is 508 g/mol. The molecule has 35 heavy (non-hydrogen) atoms. The monoisotopic (exact) mass is 536 g/mol. The van der Waals surface area contributed by atoms with E-state index in [1.807, 2.05) is 12.1 Å². The van der Waals surface area contributed by atoms with Crippen LogP contribution in [0.5, 0.6) is 0 Å². The number of aromatic nitrogens is 2. The first-order valence-electron chi connectivity index (χ1n) is 12.0. The number of hydrogen-bond donors (Lipinski definition) is 2. The minimum absolute atomic E-state index is 0.0535. The van der Waals surface area contributed by atoms with Crippen LogP contribution in [-0.2, 0) is 20.0 Å². The predicted octanol–water partition coefficient (Wildman–Crippen LogP) is 4.40. The number of nitrogens with one attached hydrogen (secondary N) is 2. The third-order valence-corrected chi connectivity index (χ3v) is 10.7. The highest BCUT2D eigenvalue weighted by Gasteiger charge is 2.31. The minimum Gasteiger partial charge on any atom is -0.342 e. The second-order valence-electron chi connectivity index (χ2n) is 9.39. The summed E-state index contributed by atoms with van der Waals surface area (Å²) in [5, 5.41) is 0.636. The SMILES string of the molecule is O=S(=O)(NC1CCCCC1)c1ccc(S(=O)(=O)N2CCC(c3nc4ccc(Cl)cc4[nH]3)CC2)cc1. The second-order valence-corrected chi connectivity index (χ2v) is 13.5. The lowest BCUT2D eigenvalue weighted by atomic mass is 9.96. The lowest BCUT2D eigenvalue weighted by Gasteiger charge is -2.30. The fourth-order valence-electron chi connectivity index (χ4n) is 5.01. The minimum atomic E-state index is -3.72. The summed E-state index contributed by atoms with van der Waals surface area (Å²) in [7, 11) is -7.39. The molecule has 0 unspecified atom stereocenters. The van der Waals surface area contributed by atoms with Crippen LogP contribution in [0.1, 0.15) is 56.7 Å². The van der Waals surface area contributed by atoms with Crippen molar-refractivity contribution >= 4 is 42.7 Å². The Morgan fingerprint density at radius 1 is 0.886 bits per heavy atom. The number of benzene rings is 2. The molecule has 2 heterocycles. The van der Waals surface area contributed by atoms with Crippen LogP contribution in [0.4, 0.5) is 0 Å². The molecule has 1 saturated carbocycles. The van der Waals surface area contributed by atoms with E-state index in [0.29, 0.717) is 31.0 Å². The van der Waals surface area contributed by atoms with Gasteiger partial charge in [0.15, 0.2) is 0 Å². The fraction of sp³-hybridized carbons (Fsp3) is 0.458. The number of piperidine rings is 1. The topological polar surface area (TPSA) is 112 Å². The molecule has 11 heteroatoms. The van der Waals surface area contributed by atoms with Crippen molar-refractivity contribution in [3.8, 4) is 0 Å². The Morgan fingerprint density at radius 2 is 1.54 bits per heavy atom. The summed E-state index contributed by atoms with van der Waals surface area (Å²) >= 11 is 6.06. The van der Waals surface area contributed by atoms with Gasteiger partial charge in [-0.25, -0.2) is 26.5 Å². The molecule has 188 valence electrons. The van der Waals surface area contributed by atoms with Gasteiger partial charge >= 0.3 is 0 Å². The maximum Gasteiger partial charge on any atom is 0.243 e. The largest absolute Gasteiger partial charge is 0.342 e. The number of H-pyrrole nitrogens is 1. The number of halogens is 1. The Balaban J connectivity index is 1.25. The number of hydrogen-bond acceptors (Lipinski definition) is 5. The zero-order valence-electron chi connectivity index (χ0n) is 19.3. The van der Waals surface area contributed by atoms with Crippen molar-refractivity contribution < 1.29 is 16.8 Å². The molecule has 1 aliphatic heterocycles. The Morgan fingerprint density at radius 3 is 2.23 bits per heavy atom. The molecule has 1 aliphatic carbocycles. The molecule has 2 aromatic carbocycles. The average Bonchev–Trinajstić information content (AvgIpc) is 3.28. The van der Waals surface area contributed by atoms with Gasteiger partial charge in [-0.2, -0.15) is 4.31 Å². The van der Waals surface area contributed by atoms with Crippen LogP contribution in [0.25, 0.3) is 11.0 Å². The molecule has 0 atom stereocenters. The molecule has 1 aromatic heterocycles. The molecule has 0 amide bonds. The number of fused-ring (bicyclic) bond motifs is 1. The lowest BCUT2D eigenvalue weighted by Crippen LogP contribution is -2.38. The standard InChI is InChI=1S/C24H29ClN4O4S2/c25-18-6-11-22-23(16-18)27-24(26-22)17-12-14-29(15-13-17)35(32,33)21-9-7-20(8-10-21)34(30,31)28-19-4-2-1-3-5-19/h6-11,16-17,19,28H,1-5,12-15H2,(H,26,27). The number of rotatable bonds is 6. The van der Waals surface area contributed by atoms with Crippen molar-refractivity contribution in [3.63, 3.8) is 0 Å². The van der Waals surface area contributed by atoms with Gasteiger partial charge in [-0.3, -0.25) is 0 Å². The molecule has 0 spiro atoms. The van der Waals surface area contributed by atoms with E-state index in [9.17, 15) is 16.8 Å². The summed E-state index contributed by atoms with van der Waals surface area (Å²) in [5.74, 6) is 0.977. The molecule has 2 aliphatic rings. The highest BCUT2D eigenvalue weighted by Crippen LogP contribution is 2.31. The van der Waals surface area contributed by atoms with Crippen molar-refractivity contribution in [1.29, 1.82) is 0 Å². The molecule has 5 rings (SSSR count). The lowest BCUT2D eigenvalue weighted by molar-refractivity contribution is 0.314. The summed E-state index contributed by atoms with van der Waals surface area (Å²) < 4.78 is 56.1. The molecule has 1 saturated heterocycles. The van der Waals surface area contributed by atoms with Gasteiger partial charge in [-0.15, -0.1) is 0 Å². The number of sulfonamides is 2. The maximum absolute atomic E-state index is 13.2. The molecular formula is C24H29ClN4O4S2. The van der Waals surface area contributed by atoms with E-state index in [1.165, 1.54) is 28.6 Å². The Hall–Kier alpha value is -1.98. The van der Waals surface area contributed by atoms with Crippen LogP contribution in [0.3, 0.4) is 0 Å². The van der Waals surface area contributed by atoms with Crippen LogP contribution in [0, 0.1) is 0 Å². The van der Waals surface area contributed by atoms with Crippen LogP contribution >= 0.6 is 11.6 Å². The van der Waals surface area contributed by atoms with Gasteiger partial charge in [0.25, 0.3) is 0 Å². The molecule has 0 radical (unpaired) electrons. The third-order valence-electron chi connectivity index (χ3n) is 7.00. The molecule has 2 N–H and O–H groups in total. The predicted molar refractivity (Wildman–Crippen MR) is 135 cm³/mol. The van der Waals surface area contributed by atoms with E-state index in [4.69, 9.17) is 11.6 Å². The smallest absolute Gasteiger partial charge is 0.243 e. The van der Waals surface area contributed by atoms with Gasteiger partial charge in [-0.05, 0) is 68.1 Å². The van der Waals surface area contributed by atoms with Crippen LogP contribution in [-0.4, -0.2) is 50.2 Å². The van der Waals surface area contributed by atoms with Crippen LogP contribution < -0.4 is 4.72 Å². The summed E-state index contributed by atoms with van der Waals surface area (Å²) in [5.41, 5.74) is 1.71. The average molecular weight is 537 g/mol. The van der Waals surface area contributed by atoms with Gasteiger partial charge in [0, 0.05) is 30.1 Å². The second kappa shape index (κ2) is 9.82. The Bertz CT molecular complexity index is 1410. The van der Waals surface area contributed by atoms with Crippen molar-refractivity contribution in [3.05, 3.63) is 53.3 Å². The fourth-order valence-corrected chi connectivity index (χ4v) is 7.96. The summed E-state index contributed by atoms with van der Waals surface area (Å²) in [6.45, 7) is 0.738. The Kier molecular flexibility index (Phi) is 6.93. The zero-order chi connectivity index (χ0) is 24.6. The van der Waals surface area contributed by atoms with Crippen LogP contribution in [0.2, 0.25) is 5.02 Å². The first kappa shape index (κ1) is 24.7. The molecule has 8 nitrogen and oxygen atoms in total. The summed E-state index contributed by atoms with van der Waals surface area (Å²) in [4.78, 5) is 8.16. The first-order valence-corrected chi connectivity index (χ1v) is 15.3. The zero-order valence-corrected chi connectivity index (χ0v) is 21.7. The van der Waals surface area contributed by atoms with E-state index in [1.54, 1.807) is 6.07 Å². The van der Waals surface area contributed by atoms with Crippen LogP contribution in [0.15, 0.2) is 52.3 Å². The number of imidazole rings is 1. The van der Waals surface area contributed by atoms with Crippen molar-refractivity contribution in [1.82, 2.24) is 19.0 Å². The van der Waals surface area contributed by atoms with Gasteiger partial charge in [0.2, 0.25) is 20.0 Å². The molecule has 3 aromatic rings. The van der Waals surface area contributed by atoms with E-state index >= 15 is 0 Å². The van der Waals surface area contributed by atoms with E-state index in [-0.39, 0.29) is 21.8 Å². The Labute approximate surface area is 211 Å². The van der Waals surface area contributed by atoms with E-state index in [0.717, 1.165) is 49.0 Å². The maximum atomic E-state index is 13.2. The van der Waals surface area contributed by atoms with E-state index in [2.05, 4.69) is 14.7 Å². The number of nitrogens with zero attached hydrogens (tertiary/aromatic N) is 2. The highest BCUT2D eigenvalue weighted by molar-refractivity contribution is 7.89. The van der Waals surface area contributed by atoms with Crippen molar-refractivity contribution in [2.45, 2.75) is 66.7 Å². The van der Waals surface area contributed by atoms with Gasteiger partial charge in [-0.1, -0.05) is 30.9 Å². The number of aromatic amines is 1. The highest BCUT2D eigenvalue weighted by atomic mass is 35.5. The van der Waals surface area contributed by atoms with Crippen molar-refractivity contribution in [2.24, 2.45) is 0 Å². The normalized spacial score (nSPS) is 19.3. The summed E-state index contributed by atoms with van der Waals surface area (Å²) in [6, 6.07) is 11.0. The van der Waals surface area contributed by atoms with E-state index < -0.39 is 20.0 Å². The molecule has 0 bridgehead atoms. The quantitative estimate of drug-likeness (QED) is 0.485.